The van der Waals surface area contributed by atoms with Crippen molar-refractivity contribution in [3.8, 4) is 17.3 Å². The molecule has 1 saturated heterocycles. The third-order valence-corrected chi connectivity index (χ3v) is 4.94. The number of ether oxygens (including phenoxy) is 1. The van der Waals surface area contributed by atoms with Crippen LogP contribution in [0.4, 0.5) is 0 Å². The van der Waals surface area contributed by atoms with E-state index in [-0.39, 0.29) is 5.91 Å². The van der Waals surface area contributed by atoms with E-state index in [0.29, 0.717) is 34.9 Å². The molecule has 0 unspecified atom stereocenters. The molecule has 1 aliphatic rings. The molecule has 7 nitrogen and oxygen atoms in total. The lowest BCUT2D eigenvalue weighted by atomic mass is 10.0. The first kappa shape index (κ1) is 20.9. The minimum atomic E-state index is 0.103. The fourth-order valence-corrected chi connectivity index (χ4v) is 3.43. The second-order valence-electron chi connectivity index (χ2n) is 6.75. The number of nitrogens with zero attached hydrogens (tertiary/aromatic N) is 3. The van der Waals surface area contributed by atoms with Crippen LogP contribution in [0.1, 0.15) is 43.5 Å². The van der Waals surface area contributed by atoms with Crippen LogP contribution in [0.15, 0.2) is 47.4 Å². The molecule has 1 aliphatic heterocycles. The lowest BCUT2D eigenvalue weighted by Crippen LogP contribution is -2.42. The van der Waals surface area contributed by atoms with Gasteiger partial charge in [-0.2, -0.15) is 4.98 Å². The number of carbonyl (C=O) groups is 1. The zero-order valence-corrected chi connectivity index (χ0v) is 17.4. The predicted octanol–water partition coefficient (Wildman–Crippen LogP) is 4.82. The molecule has 0 spiro atoms. The summed E-state index contributed by atoms with van der Waals surface area (Å²) in [4.78, 5) is 21.2. The number of H-pyrrole nitrogens is 1. The zero-order valence-electron chi connectivity index (χ0n) is 16.6. The van der Waals surface area contributed by atoms with E-state index in [1.165, 1.54) is 12.7 Å². The maximum Gasteiger partial charge on any atom is 0.274 e. The highest BCUT2D eigenvalue weighted by molar-refractivity contribution is 6.30. The Bertz CT molecular complexity index is 910. The van der Waals surface area contributed by atoms with Gasteiger partial charge in [0, 0.05) is 18.8 Å². The summed E-state index contributed by atoms with van der Waals surface area (Å²) in [6.07, 6.45) is 6.42. The molecule has 154 valence electrons. The molecular weight excluding hydrogens is 392 g/mol. The van der Waals surface area contributed by atoms with E-state index in [2.05, 4.69) is 22.0 Å². The molecule has 1 N–H and O–H groups in total. The SMILES string of the molecule is CCOc1ccccc1C(=O)N1CCCC[C@H]1C.Clc1c[nH]c(-c2ncno2)c1. The molecule has 1 fully saturated rings. The fourth-order valence-electron chi connectivity index (χ4n) is 3.26. The van der Waals surface area contributed by atoms with Crippen molar-refractivity contribution < 1.29 is 14.1 Å². The second-order valence-corrected chi connectivity index (χ2v) is 7.19. The van der Waals surface area contributed by atoms with Crippen LogP contribution in [0.3, 0.4) is 0 Å². The quantitative estimate of drug-likeness (QED) is 0.659. The number of aromatic nitrogens is 3. The van der Waals surface area contributed by atoms with Gasteiger partial charge in [-0.3, -0.25) is 4.79 Å². The summed E-state index contributed by atoms with van der Waals surface area (Å²) in [5.74, 6) is 1.24. The van der Waals surface area contributed by atoms with Crippen molar-refractivity contribution in [1.82, 2.24) is 20.0 Å². The van der Waals surface area contributed by atoms with Crippen LogP contribution < -0.4 is 4.74 Å². The highest BCUT2D eigenvalue weighted by Gasteiger charge is 2.25. The van der Waals surface area contributed by atoms with Crippen molar-refractivity contribution in [3.63, 3.8) is 0 Å². The lowest BCUT2D eigenvalue weighted by molar-refractivity contribution is 0.0631. The summed E-state index contributed by atoms with van der Waals surface area (Å²) in [7, 11) is 0. The molecule has 1 aromatic carbocycles. The summed E-state index contributed by atoms with van der Waals surface area (Å²) in [6, 6.07) is 9.57. The molecule has 29 heavy (non-hydrogen) atoms. The number of para-hydroxylation sites is 1. The summed E-state index contributed by atoms with van der Waals surface area (Å²) in [5, 5.41) is 4.08. The molecule has 0 radical (unpaired) electrons. The first-order valence-corrected chi connectivity index (χ1v) is 10.1. The van der Waals surface area contributed by atoms with Crippen molar-refractivity contribution in [2.24, 2.45) is 0 Å². The van der Waals surface area contributed by atoms with Gasteiger partial charge in [0.15, 0.2) is 6.33 Å². The summed E-state index contributed by atoms with van der Waals surface area (Å²) in [5.41, 5.74) is 1.42. The Balaban J connectivity index is 0.000000186. The highest BCUT2D eigenvalue weighted by Crippen LogP contribution is 2.24. The van der Waals surface area contributed by atoms with E-state index in [4.69, 9.17) is 20.9 Å². The third kappa shape index (κ3) is 5.38. The zero-order chi connectivity index (χ0) is 20.6. The Morgan fingerprint density at radius 1 is 1.38 bits per heavy atom. The number of piperidine rings is 1. The van der Waals surface area contributed by atoms with Crippen LogP contribution in [0.25, 0.3) is 11.6 Å². The molecule has 3 aromatic rings. The van der Waals surface area contributed by atoms with Gasteiger partial charge >= 0.3 is 0 Å². The van der Waals surface area contributed by atoms with Gasteiger partial charge in [0.25, 0.3) is 11.8 Å². The average molecular weight is 417 g/mol. The van der Waals surface area contributed by atoms with Gasteiger partial charge in [0.05, 0.1) is 17.2 Å². The molecule has 1 amide bonds. The van der Waals surface area contributed by atoms with Gasteiger partial charge in [-0.15, -0.1) is 0 Å². The molecule has 0 aliphatic carbocycles. The molecule has 3 heterocycles. The van der Waals surface area contributed by atoms with Crippen LogP contribution >= 0.6 is 11.6 Å². The lowest BCUT2D eigenvalue weighted by Gasteiger charge is -2.33. The number of amides is 1. The van der Waals surface area contributed by atoms with Gasteiger partial charge in [-0.05, 0) is 51.3 Å². The molecule has 8 heteroatoms. The van der Waals surface area contributed by atoms with E-state index in [1.807, 2.05) is 36.1 Å². The molecule has 1 atom stereocenters. The summed E-state index contributed by atoms with van der Waals surface area (Å²) >= 11 is 5.66. The standard InChI is InChI=1S/C15H21NO2.C6H4ClN3O/c1-3-18-14-10-5-4-9-13(14)15(17)16-11-7-6-8-12(16)2;7-4-1-5(8-2-4)6-9-3-10-11-6/h4-5,9-10,12H,3,6-8,11H2,1-2H3;1-3,8H/t12-;/m1./s1. The number of nitrogens with one attached hydrogen (secondary N) is 1. The maximum atomic E-state index is 12.6. The Labute approximate surface area is 175 Å². The topological polar surface area (TPSA) is 84.2 Å². The number of benzene rings is 1. The molecular formula is C21H25ClN4O3. The van der Waals surface area contributed by atoms with Crippen molar-refractivity contribution >= 4 is 17.5 Å². The predicted molar refractivity (Wildman–Crippen MR) is 111 cm³/mol. The normalized spacial score (nSPS) is 16.1. The molecule has 0 bridgehead atoms. The summed E-state index contributed by atoms with van der Waals surface area (Å²) < 4.78 is 10.3. The Morgan fingerprint density at radius 3 is 2.86 bits per heavy atom. The number of aromatic amines is 1. The average Bonchev–Trinajstić information content (AvgIpc) is 3.41. The van der Waals surface area contributed by atoms with Gasteiger partial charge in [-0.1, -0.05) is 28.9 Å². The van der Waals surface area contributed by atoms with Crippen LogP contribution in [0, 0.1) is 0 Å². The first-order valence-electron chi connectivity index (χ1n) is 9.74. The van der Waals surface area contributed by atoms with Crippen LogP contribution in [-0.4, -0.2) is 45.1 Å². The van der Waals surface area contributed by atoms with E-state index < -0.39 is 0 Å². The van der Waals surface area contributed by atoms with Crippen molar-refractivity contribution in [2.45, 2.75) is 39.2 Å². The number of hydrogen-bond donors (Lipinski definition) is 1. The van der Waals surface area contributed by atoms with Gasteiger partial charge in [0.2, 0.25) is 0 Å². The molecule has 0 saturated carbocycles. The van der Waals surface area contributed by atoms with Crippen LogP contribution in [0.5, 0.6) is 5.75 Å². The van der Waals surface area contributed by atoms with E-state index in [0.717, 1.165) is 25.1 Å². The smallest absolute Gasteiger partial charge is 0.274 e. The van der Waals surface area contributed by atoms with E-state index >= 15 is 0 Å². The first-order chi connectivity index (χ1) is 14.1. The van der Waals surface area contributed by atoms with Crippen molar-refractivity contribution in [2.75, 3.05) is 13.2 Å². The van der Waals surface area contributed by atoms with E-state index in [9.17, 15) is 4.79 Å². The van der Waals surface area contributed by atoms with Crippen LogP contribution in [0.2, 0.25) is 5.02 Å². The number of halogens is 1. The van der Waals surface area contributed by atoms with Gasteiger partial charge in [0.1, 0.15) is 11.4 Å². The minimum absolute atomic E-state index is 0.103. The maximum absolute atomic E-state index is 12.6. The monoisotopic (exact) mass is 416 g/mol. The second kappa shape index (κ2) is 10.1. The third-order valence-electron chi connectivity index (χ3n) is 4.72. The van der Waals surface area contributed by atoms with Crippen molar-refractivity contribution in [3.05, 3.63) is 53.4 Å². The Hall–Kier alpha value is -2.80. The minimum Gasteiger partial charge on any atom is -0.493 e. The van der Waals surface area contributed by atoms with Gasteiger partial charge < -0.3 is 19.1 Å². The molecule has 4 rings (SSSR count). The fraction of sp³-hybridized carbons (Fsp3) is 0.381. The number of rotatable bonds is 4. The van der Waals surface area contributed by atoms with Crippen molar-refractivity contribution in [1.29, 1.82) is 0 Å². The van der Waals surface area contributed by atoms with Crippen LogP contribution in [-0.2, 0) is 0 Å². The van der Waals surface area contributed by atoms with Gasteiger partial charge in [-0.25, -0.2) is 0 Å². The highest BCUT2D eigenvalue weighted by atomic mass is 35.5. The number of hydrogen-bond acceptors (Lipinski definition) is 5. The largest absolute Gasteiger partial charge is 0.493 e. The number of carbonyl (C=O) groups excluding carboxylic acids is 1. The number of likely N-dealkylation sites (tertiary alicyclic amines) is 1. The molecule has 2 aromatic heterocycles. The Kier molecular flexibility index (Phi) is 7.30. The summed E-state index contributed by atoms with van der Waals surface area (Å²) in [6.45, 7) is 5.51. The van der Waals surface area contributed by atoms with E-state index in [1.54, 1.807) is 12.3 Å². The Morgan fingerprint density at radius 2 is 2.21 bits per heavy atom.